The molecule has 3 rings (SSSR count). The van der Waals surface area contributed by atoms with Gasteiger partial charge in [0.25, 0.3) is 5.91 Å². The Morgan fingerprint density at radius 2 is 1.68 bits per heavy atom. The van der Waals surface area contributed by atoms with Gasteiger partial charge in [0.2, 0.25) is 0 Å². The maximum atomic E-state index is 13.8. The van der Waals surface area contributed by atoms with Crippen LogP contribution in [0, 0.1) is 23.0 Å². The maximum Gasteiger partial charge on any atom is 0.416 e. The van der Waals surface area contributed by atoms with Crippen molar-refractivity contribution in [1.82, 2.24) is 4.90 Å². The van der Waals surface area contributed by atoms with Crippen LogP contribution in [-0.4, -0.2) is 37.0 Å². The average molecular weight is 395 g/mol. The minimum atomic E-state index is -4.55. The molecule has 1 heterocycles. The number of amides is 1. The number of carbonyl (C=O) groups excluding carboxylic acids is 1. The fraction of sp³-hybridized carbons (Fsp3) is 0.263. The van der Waals surface area contributed by atoms with Gasteiger partial charge in [0.05, 0.1) is 22.4 Å². The van der Waals surface area contributed by atoms with Gasteiger partial charge in [-0.05, 0) is 30.3 Å². The van der Waals surface area contributed by atoms with E-state index in [0.29, 0.717) is 11.8 Å². The lowest BCUT2D eigenvalue weighted by Crippen LogP contribution is -2.49. The monoisotopic (exact) mass is 395 g/mol. The first-order valence-corrected chi connectivity index (χ1v) is 8.31. The third-order valence-electron chi connectivity index (χ3n) is 4.51. The second-order valence-corrected chi connectivity index (χ2v) is 6.24. The smallest absolute Gasteiger partial charge is 0.367 e. The highest BCUT2D eigenvalue weighted by molar-refractivity contribution is 5.94. The van der Waals surface area contributed by atoms with Gasteiger partial charge in [0.1, 0.15) is 17.7 Å². The predicted octanol–water partition coefficient (Wildman–Crippen LogP) is 3.82. The molecule has 1 fully saturated rings. The number of anilines is 1. The van der Waals surface area contributed by atoms with Gasteiger partial charge in [0.15, 0.2) is 0 Å². The summed E-state index contributed by atoms with van der Waals surface area (Å²) in [6, 6.07) is 7.40. The molecule has 1 aliphatic heterocycles. The van der Waals surface area contributed by atoms with Crippen molar-refractivity contribution in [3.63, 3.8) is 0 Å². The van der Waals surface area contributed by atoms with E-state index in [1.54, 1.807) is 11.0 Å². The highest BCUT2D eigenvalue weighted by atomic mass is 19.4. The van der Waals surface area contributed by atoms with Crippen molar-refractivity contribution in [2.75, 3.05) is 31.1 Å². The van der Waals surface area contributed by atoms with Gasteiger partial charge >= 0.3 is 6.18 Å². The minimum absolute atomic E-state index is 0.112. The summed E-state index contributed by atoms with van der Waals surface area (Å²) < 4.78 is 65.2. The average Bonchev–Trinajstić information content (AvgIpc) is 2.66. The Hall–Kier alpha value is -3.15. The summed E-state index contributed by atoms with van der Waals surface area (Å²) in [6.45, 7) is 0.881. The summed E-state index contributed by atoms with van der Waals surface area (Å²) in [6.07, 6.45) is -4.55. The van der Waals surface area contributed by atoms with Crippen molar-refractivity contribution in [3.8, 4) is 6.07 Å². The highest BCUT2D eigenvalue weighted by Crippen LogP contribution is 2.33. The normalized spacial score (nSPS) is 14.7. The molecule has 0 aliphatic carbocycles. The molecule has 0 aromatic heterocycles. The van der Waals surface area contributed by atoms with Gasteiger partial charge in [-0.3, -0.25) is 4.79 Å². The third-order valence-corrected chi connectivity index (χ3v) is 4.51. The highest BCUT2D eigenvalue weighted by Gasteiger charge is 2.32. The van der Waals surface area contributed by atoms with Crippen LogP contribution in [0.5, 0.6) is 0 Å². The molecule has 9 heteroatoms. The zero-order valence-corrected chi connectivity index (χ0v) is 14.4. The van der Waals surface area contributed by atoms with Crippen LogP contribution in [0.15, 0.2) is 36.4 Å². The van der Waals surface area contributed by atoms with Crippen LogP contribution in [0.4, 0.5) is 27.6 Å². The zero-order valence-electron chi connectivity index (χ0n) is 14.4. The maximum absolute atomic E-state index is 13.8. The Morgan fingerprint density at radius 3 is 2.25 bits per heavy atom. The molecule has 146 valence electrons. The van der Waals surface area contributed by atoms with E-state index in [1.165, 1.54) is 11.0 Å². The Balaban J connectivity index is 1.73. The number of nitrogens with zero attached hydrogens (tertiary/aromatic N) is 3. The first-order chi connectivity index (χ1) is 13.2. The molecule has 0 spiro atoms. The molecule has 1 aliphatic rings. The molecule has 1 saturated heterocycles. The van der Waals surface area contributed by atoms with Gasteiger partial charge in [-0.15, -0.1) is 0 Å². The van der Waals surface area contributed by atoms with Crippen LogP contribution >= 0.6 is 0 Å². The fourth-order valence-electron chi connectivity index (χ4n) is 3.06. The molecule has 2 aromatic carbocycles. The second kappa shape index (κ2) is 7.46. The molecule has 1 amide bonds. The van der Waals surface area contributed by atoms with E-state index in [0.717, 1.165) is 24.3 Å². The summed E-state index contributed by atoms with van der Waals surface area (Å²) >= 11 is 0. The lowest BCUT2D eigenvalue weighted by Gasteiger charge is -2.36. The van der Waals surface area contributed by atoms with Crippen molar-refractivity contribution in [2.45, 2.75) is 6.18 Å². The van der Waals surface area contributed by atoms with E-state index in [1.807, 2.05) is 0 Å². The molecule has 0 unspecified atom stereocenters. The molecule has 0 saturated carbocycles. The van der Waals surface area contributed by atoms with E-state index in [4.69, 9.17) is 0 Å². The summed E-state index contributed by atoms with van der Waals surface area (Å²) in [5.41, 5.74) is -0.926. The topological polar surface area (TPSA) is 47.3 Å². The summed E-state index contributed by atoms with van der Waals surface area (Å²) in [5, 5.41) is 9.20. The van der Waals surface area contributed by atoms with E-state index < -0.39 is 29.3 Å². The SMILES string of the molecule is N#Cc1cc(C(F)(F)F)ccc1N1CCN(C(=O)c2ccc(F)cc2F)CC1. The van der Waals surface area contributed by atoms with Crippen molar-refractivity contribution in [3.05, 3.63) is 64.7 Å². The lowest BCUT2D eigenvalue weighted by molar-refractivity contribution is -0.137. The quantitative estimate of drug-likeness (QED) is 0.727. The van der Waals surface area contributed by atoms with E-state index in [9.17, 15) is 32.0 Å². The van der Waals surface area contributed by atoms with Crippen LogP contribution < -0.4 is 4.90 Å². The molecule has 28 heavy (non-hydrogen) atoms. The summed E-state index contributed by atoms with van der Waals surface area (Å²) in [4.78, 5) is 15.5. The van der Waals surface area contributed by atoms with Gasteiger partial charge in [-0.25, -0.2) is 8.78 Å². The Kier molecular flexibility index (Phi) is 5.23. The zero-order chi connectivity index (χ0) is 20.5. The lowest BCUT2D eigenvalue weighted by atomic mass is 10.1. The van der Waals surface area contributed by atoms with Crippen LogP contribution in [0.25, 0.3) is 0 Å². The molecular weight excluding hydrogens is 381 g/mol. The van der Waals surface area contributed by atoms with Crippen LogP contribution in [0.1, 0.15) is 21.5 Å². The van der Waals surface area contributed by atoms with Crippen LogP contribution in [-0.2, 0) is 6.18 Å². The Labute approximate surface area is 157 Å². The van der Waals surface area contributed by atoms with Crippen molar-refractivity contribution < 1.29 is 26.7 Å². The van der Waals surface area contributed by atoms with Gasteiger partial charge in [-0.2, -0.15) is 18.4 Å². The van der Waals surface area contributed by atoms with Gasteiger partial charge in [-0.1, -0.05) is 0 Å². The molecule has 0 atom stereocenters. The van der Waals surface area contributed by atoms with Crippen molar-refractivity contribution >= 4 is 11.6 Å². The van der Waals surface area contributed by atoms with E-state index >= 15 is 0 Å². The standard InChI is InChI=1S/C19H14F5N3O/c20-14-2-3-15(16(21)10-14)18(28)27-7-5-26(6-8-27)17-4-1-13(19(22,23)24)9-12(17)11-25/h1-4,9-10H,5-8H2. The number of carbonyl (C=O) groups is 1. The van der Waals surface area contributed by atoms with Gasteiger partial charge in [0, 0.05) is 32.2 Å². The number of benzene rings is 2. The van der Waals surface area contributed by atoms with E-state index in [-0.39, 0.29) is 37.3 Å². The van der Waals surface area contributed by atoms with Crippen LogP contribution in [0.2, 0.25) is 0 Å². The molecular formula is C19H14F5N3O. The largest absolute Gasteiger partial charge is 0.416 e. The Morgan fingerprint density at radius 1 is 1.00 bits per heavy atom. The number of alkyl halides is 3. The molecule has 4 nitrogen and oxygen atoms in total. The summed E-state index contributed by atoms with van der Waals surface area (Å²) in [7, 11) is 0. The number of nitriles is 1. The number of hydrogen-bond acceptors (Lipinski definition) is 3. The first kappa shape index (κ1) is 19.6. The molecule has 0 bridgehead atoms. The van der Waals surface area contributed by atoms with Crippen molar-refractivity contribution in [2.24, 2.45) is 0 Å². The Bertz CT molecular complexity index is 944. The number of rotatable bonds is 2. The first-order valence-electron chi connectivity index (χ1n) is 8.31. The van der Waals surface area contributed by atoms with Crippen molar-refractivity contribution in [1.29, 1.82) is 5.26 Å². The third kappa shape index (κ3) is 3.91. The number of hydrogen-bond donors (Lipinski definition) is 0. The van der Waals surface area contributed by atoms with Crippen LogP contribution in [0.3, 0.4) is 0 Å². The van der Waals surface area contributed by atoms with Gasteiger partial charge < -0.3 is 9.80 Å². The van der Waals surface area contributed by atoms with E-state index in [2.05, 4.69) is 0 Å². The number of piperazine rings is 1. The number of halogens is 5. The predicted molar refractivity (Wildman–Crippen MR) is 90.6 cm³/mol. The fourth-order valence-corrected chi connectivity index (χ4v) is 3.06. The molecule has 2 aromatic rings. The minimum Gasteiger partial charge on any atom is -0.367 e. The summed E-state index contributed by atoms with van der Waals surface area (Å²) in [5.74, 6) is -2.34. The second-order valence-electron chi connectivity index (χ2n) is 6.24. The molecule has 0 radical (unpaired) electrons. The molecule has 0 N–H and O–H groups in total.